The second-order valence-electron chi connectivity index (χ2n) is 6.83. The van der Waals surface area contributed by atoms with Crippen LogP contribution in [0.1, 0.15) is 19.4 Å². The summed E-state index contributed by atoms with van der Waals surface area (Å²) in [6.07, 6.45) is 0.697. The number of aromatic nitrogens is 4. The minimum atomic E-state index is -0.749. The number of anilines is 2. The Hall–Kier alpha value is -1.70. The van der Waals surface area contributed by atoms with E-state index in [1.54, 1.807) is 6.92 Å². The fraction of sp³-hybridized carbons (Fsp3) is 0.556. The summed E-state index contributed by atoms with van der Waals surface area (Å²) < 4.78 is 39.5. The molecule has 2 aliphatic rings. The number of nitrogens with one attached hydrogen (secondary N) is 2. The van der Waals surface area contributed by atoms with Crippen LogP contribution in [0.25, 0.3) is 0 Å². The number of thioether (sulfide) groups is 2. The van der Waals surface area contributed by atoms with Crippen LogP contribution in [-0.2, 0) is 9.47 Å². The first kappa shape index (κ1) is 31.5. The molecule has 0 amide bonds. The Morgan fingerprint density at radius 1 is 0.919 bits per heavy atom. The Morgan fingerprint density at radius 3 is 1.54 bits per heavy atom. The van der Waals surface area contributed by atoms with Gasteiger partial charge in [0.2, 0.25) is 0 Å². The summed E-state index contributed by atoms with van der Waals surface area (Å²) in [6, 6.07) is 0. The fourth-order valence-electron chi connectivity index (χ4n) is 2.81. The third-order valence-electron chi connectivity index (χ3n) is 4.38. The topological polar surface area (TPSA) is 173 Å². The normalized spacial score (nSPS) is 22.5. The summed E-state index contributed by atoms with van der Waals surface area (Å²) in [7, 11) is 0. The van der Waals surface area contributed by atoms with Gasteiger partial charge in [0.25, 0.3) is 0 Å². The first-order valence-electron chi connectivity index (χ1n) is 10.4. The molecule has 1 unspecified atom stereocenters. The van der Waals surface area contributed by atoms with Gasteiger partial charge in [-0.15, -0.1) is 23.5 Å². The smallest absolute Gasteiger partial charge is 0.351 e. The van der Waals surface area contributed by atoms with Gasteiger partial charge in [-0.25, -0.2) is 18.4 Å². The monoisotopic (exact) mass is 608 g/mol. The lowest BCUT2D eigenvalue weighted by Gasteiger charge is -2.14. The van der Waals surface area contributed by atoms with Gasteiger partial charge in [0.05, 0.1) is 25.6 Å². The van der Waals surface area contributed by atoms with E-state index in [-0.39, 0.29) is 31.5 Å². The minimum Gasteiger partial charge on any atom is -0.397 e. The predicted octanol–water partition coefficient (Wildman–Crippen LogP) is 1.06. The zero-order valence-corrected chi connectivity index (χ0v) is 22.2. The second kappa shape index (κ2) is 15.6. The van der Waals surface area contributed by atoms with Crippen molar-refractivity contribution < 1.29 is 33.6 Å². The van der Waals surface area contributed by atoms with Crippen molar-refractivity contribution >= 4 is 58.7 Å². The average molecular weight is 609 g/mol. The van der Waals surface area contributed by atoms with Crippen LogP contribution in [0.15, 0.2) is 22.0 Å². The van der Waals surface area contributed by atoms with Crippen LogP contribution in [-0.4, -0.2) is 76.6 Å². The molecule has 37 heavy (non-hydrogen) atoms. The SMILES string of the molecule is CCO.O=c1nc(NCl)c(F)cn1C1CS[C@H](CO)O1.O=c1nc(NCl)c(F)cn1[C@@H]1CS[C@H](CO)O1. The van der Waals surface area contributed by atoms with Gasteiger partial charge < -0.3 is 24.8 Å². The molecule has 208 valence electrons. The van der Waals surface area contributed by atoms with E-state index >= 15 is 0 Å². The van der Waals surface area contributed by atoms with Crippen LogP contribution < -0.4 is 21.1 Å². The van der Waals surface area contributed by atoms with Crippen molar-refractivity contribution in [2.24, 2.45) is 0 Å². The van der Waals surface area contributed by atoms with E-state index in [0.717, 1.165) is 21.5 Å². The predicted molar refractivity (Wildman–Crippen MR) is 136 cm³/mol. The highest BCUT2D eigenvalue weighted by atomic mass is 35.5. The van der Waals surface area contributed by atoms with Crippen LogP contribution in [0, 0.1) is 11.6 Å². The third kappa shape index (κ3) is 8.66. The van der Waals surface area contributed by atoms with E-state index < -0.39 is 46.3 Å². The van der Waals surface area contributed by atoms with Crippen LogP contribution in [0.4, 0.5) is 20.4 Å². The highest BCUT2D eigenvalue weighted by Crippen LogP contribution is 2.31. The maximum Gasteiger partial charge on any atom is 0.351 e. The molecule has 0 bridgehead atoms. The fourth-order valence-corrected chi connectivity index (χ4v) is 4.93. The lowest BCUT2D eigenvalue weighted by Crippen LogP contribution is -2.29. The second-order valence-corrected chi connectivity index (χ2v) is 9.60. The molecule has 4 rings (SSSR count). The van der Waals surface area contributed by atoms with Crippen molar-refractivity contribution in [2.45, 2.75) is 30.3 Å². The van der Waals surface area contributed by atoms with E-state index in [9.17, 15) is 18.4 Å². The lowest BCUT2D eigenvalue weighted by atomic mass is 10.5. The molecule has 19 heteroatoms. The molecule has 0 saturated carbocycles. The molecular formula is C18H24Cl2F2N6O7S2. The maximum absolute atomic E-state index is 13.4. The Bertz CT molecular complexity index is 1050. The largest absolute Gasteiger partial charge is 0.397 e. The third-order valence-corrected chi connectivity index (χ3v) is 6.96. The number of halogens is 4. The zero-order chi connectivity index (χ0) is 27.5. The molecule has 13 nitrogen and oxygen atoms in total. The number of rotatable bonds is 6. The summed E-state index contributed by atoms with van der Waals surface area (Å²) in [5.74, 6) is -1.25. The van der Waals surface area contributed by atoms with Gasteiger partial charge in [-0.3, -0.25) is 18.8 Å². The quantitative estimate of drug-likeness (QED) is 0.295. The molecule has 0 spiro atoms. The molecule has 2 saturated heterocycles. The summed E-state index contributed by atoms with van der Waals surface area (Å²) in [6.45, 7) is 1.61. The van der Waals surface area contributed by atoms with E-state index in [0.29, 0.717) is 11.5 Å². The molecule has 2 aromatic rings. The van der Waals surface area contributed by atoms with Crippen LogP contribution in [0.5, 0.6) is 0 Å². The number of aliphatic hydroxyl groups is 3. The van der Waals surface area contributed by atoms with Gasteiger partial charge in [0.15, 0.2) is 23.3 Å². The van der Waals surface area contributed by atoms with Gasteiger partial charge in [0, 0.05) is 41.7 Å². The van der Waals surface area contributed by atoms with E-state index in [4.69, 9.17) is 48.3 Å². The van der Waals surface area contributed by atoms with E-state index in [1.165, 1.54) is 23.5 Å². The van der Waals surface area contributed by atoms with E-state index in [1.807, 2.05) is 9.67 Å². The van der Waals surface area contributed by atoms with Crippen LogP contribution in [0.2, 0.25) is 0 Å². The maximum atomic E-state index is 13.4. The van der Waals surface area contributed by atoms with Crippen LogP contribution >= 0.6 is 47.1 Å². The highest BCUT2D eigenvalue weighted by molar-refractivity contribution is 8.00. The summed E-state index contributed by atoms with van der Waals surface area (Å²) in [5, 5.41) is 25.3. The van der Waals surface area contributed by atoms with Gasteiger partial charge in [-0.2, -0.15) is 9.97 Å². The van der Waals surface area contributed by atoms with Gasteiger partial charge in [0.1, 0.15) is 23.3 Å². The molecule has 0 radical (unpaired) electrons. The van der Waals surface area contributed by atoms with Crippen molar-refractivity contribution in [1.82, 2.24) is 19.1 Å². The Morgan fingerprint density at radius 2 is 1.27 bits per heavy atom. The molecule has 4 heterocycles. The Balaban J connectivity index is 0.000000235. The van der Waals surface area contributed by atoms with Crippen molar-refractivity contribution in [3.05, 3.63) is 45.0 Å². The van der Waals surface area contributed by atoms with Crippen molar-refractivity contribution in [3.63, 3.8) is 0 Å². The molecular weight excluding hydrogens is 585 g/mol. The number of hydrogen-bond acceptors (Lipinski definition) is 13. The number of hydrogen-bond donors (Lipinski definition) is 5. The molecule has 4 atom stereocenters. The first-order chi connectivity index (χ1) is 17.7. The molecule has 0 aromatic carbocycles. The molecule has 2 aromatic heterocycles. The molecule has 5 N–H and O–H groups in total. The van der Waals surface area contributed by atoms with Gasteiger partial charge >= 0.3 is 11.4 Å². The summed E-state index contributed by atoms with van der Waals surface area (Å²) >= 11 is 13.1. The number of aliphatic hydroxyl groups excluding tert-OH is 3. The first-order valence-corrected chi connectivity index (χ1v) is 13.2. The number of nitrogens with zero attached hydrogens (tertiary/aromatic N) is 4. The average Bonchev–Trinajstić information content (AvgIpc) is 3.57. The molecule has 0 aliphatic carbocycles. The molecule has 2 aliphatic heterocycles. The van der Waals surface area contributed by atoms with Crippen molar-refractivity contribution in [3.8, 4) is 0 Å². The van der Waals surface area contributed by atoms with Gasteiger partial charge in [-0.1, -0.05) is 0 Å². The Kier molecular flexibility index (Phi) is 13.3. The van der Waals surface area contributed by atoms with E-state index in [2.05, 4.69) is 9.97 Å². The van der Waals surface area contributed by atoms with Crippen molar-refractivity contribution in [1.29, 1.82) is 0 Å². The minimum absolute atomic E-state index is 0.160. The standard InChI is InChI=1S/2C8H9ClFN3O3S.C2H6O/c2*9-12-7-4(10)1-13(8(15)11-7)5-3-17-6(2-14)16-5;1-2-3/h2*1,5-6,14H,2-3H2,(H,11,12,15);3H,2H2,1H3/t5?,6-;5-,6+;/m10./s1. The Labute approximate surface area is 227 Å². The van der Waals surface area contributed by atoms with Crippen molar-refractivity contribution in [2.75, 3.05) is 41.0 Å². The lowest BCUT2D eigenvalue weighted by molar-refractivity contribution is -0.00681. The molecule has 2 fully saturated rings. The number of ether oxygens (including phenoxy) is 2. The summed E-state index contributed by atoms with van der Waals surface area (Å²) in [5.41, 5.74) is -2.14. The highest BCUT2D eigenvalue weighted by Gasteiger charge is 2.29. The summed E-state index contributed by atoms with van der Waals surface area (Å²) in [4.78, 5) is 33.9. The van der Waals surface area contributed by atoms with Gasteiger partial charge in [-0.05, 0) is 6.92 Å². The zero-order valence-electron chi connectivity index (χ0n) is 19.1. The van der Waals surface area contributed by atoms with Crippen LogP contribution in [0.3, 0.4) is 0 Å².